The quantitative estimate of drug-likeness (QED) is 0.792. The maximum atomic E-state index is 13.0. The third-order valence-corrected chi connectivity index (χ3v) is 2.61. The van der Waals surface area contributed by atoms with E-state index in [1.807, 2.05) is 13.0 Å². The van der Waals surface area contributed by atoms with Gasteiger partial charge in [0, 0.05) is 0 Å². The number of hydrogen-bond donors (Lipinski definition) is 0. The van der Waals surface area contributed by atoms with Crippen LogP contribution in [-0.2, 0) is 0 Å². The Morgan fingerprint density at radius 2 is 1.83 bits per heavy atom. The van der Waals surface area contributed by atoms with E-state index in [0.29, 0.717) is 22.6 Å². The van der Waals surface area contributed by atoms with E-state index in [-0.39, 0.29) is 5.82 Å². The van der Waals surface area contributed by atoms with Gasteiger partial charge in [0.2, 0.25) is 0 Å². The van der Waals surface area contributed by atoms with Crippen molar-refractivity contribution in [3.8, 4) is 17.6 Å². The van der Waals surface area contributed by atoms with Gasteiger partial charge in [-0.3, -0.25) is 0 Å². The first-order chi connectivity index (χ1) is 8.60. The van der Waals surface area contributed by atoms with Gasteiger partial charge >= 0.3 is 0 Å². The molecule has 90 valence electrons. The van der Waals surface area contributed by atoms with E-state index >= 15 is 0 Å². The van der Waals surface area contributed by atoms with Crippen molar-refractivity contribution < 1.29 is 9.13 Å². The molecule has 2 nitrogen and oxygen atoms in total. The van der Waals surface area contributed by atoms with Gasteiger partial charge in [-0.1, -0.05) is 6.07 Å². The predicted molar refractivity (Wildman–Crippen MR) is 67.1 cm³/mol. The highest BCUT2D eigenvalue weighted by Crippen LogP contribution is 2.28. The summed E-state index contributed by atoms with van der Waals surface area (Å²) in [5.41, 5.74) is 2.16. The van der Waals surface area contributed by atoms with Crippen molar-refractivity contribution >= 4 is 0 Å². The average Bonchev–Trinajstić information content (AvgIpc) is 2.33. The Balaban J connectivity index is 2.40. The minimum atomic E-state index is -0.301. The molecule has 0 aliphatic heterocycles. The third-order valence-electron chi connectivity index (χ3n) is 2.61. The van der Waals surface area contributed by atoms with E-state index in [1.165, 1.54) is 12.1 Å². The molecule has 0 aliphatic carbocycles. The standard InChI is InChI=1S/C15H12FNO/c1-10-3-4-12(9-17)15(7-10)18-14-6-5-13(16)8-11(14)2/h3-8H,1-2H3. The molecule has 0 heterocycles. The first-order valence-electron chi connectivity index (χ1n) is 5.55. The zero-order valence-corrected chi connectivity index (χ0v) is 10.2. The number of nitrogens with zero attached hydrogens (tertiary/aromatic N) is 1. The van der Waals surface area contributed by atoms with Crippen molar-refractivity contribution in [1.82, 2.24) is 0 Å². The smallest absolute Gasteiger partial charge is 0.145 e. The molecule has 0 radical (unpaired) electrons. The highest BCUT2D eigenvalue weighted by Gasteiger charge is 2.07. The predicted octanol–water partition coefficient (Wildman–Crippen LogP) is 4.11. The van der Waals surface area contributed by atoms with E-state index in [0.717, 1.165) is 5.56 Å². The molecule has 0 aromatic heterocycles. The molecule has 0 spiro atoms. The molecule has 0 N–H and O–H groups in total. The fraction of sp³-hybridized carbons (Fsp3) is 0.133. The van der Waals surface area contributed by atoms with Gasteiger partial charge in [-0.05, 0) is 55.3 Å². The highest BCUT2D eigenvalue weighted by atomic mass is 19.1. The van der Waals surface area contributed by atoms with Crippen LogP contribution in [0, 0.1) is 31.0 Å². The molecule has 0 aliphatic rings. The van der Waals surface area contributed by atoms with Gasteiger partial charge in [-0.25, -0.2) is 4.39 Å². The van der Waals surface area contributed by atoms with Crippen LogP contribution < -0.4 is 4.74 Å². The lowest BCUT2D eigenvalue weighted by Gasteiger charge is -2.10. The van der Waals surface area contributed by atoms with Gasteiger partial charge in [0.05, 0.1) is 5.56 Å². The van der Waals surface area contributed by atoms with Crippen LogP contribution in [0.15, 0.2) is 36.4 Å². The van der Waals surface area contributed by atoms with Crippen molar-refractivity contribution in [2.24, 2.45) is 0 Å². The van der Waals surface area contributed by atoms with Gasteiger partial charge in [0.1, 0.15) is 23.4 Å². The molecule has 0 unspecified atom stereocenters. The number of ether oxygens (including phenoxy) is 1. The molecule has 0 saturated carbocycles. The summed E-state index contributed by atoms with van der Waals surface area (Å²) in [6.07, 6.45) is 0. The van der Waals surface area contributed by atoms with Crippen LogP contribution in [0.1, 0.15) is 16.7 Å². The summed E-state index contributed by atoms with van der Waals surface area (Å²) in [5.74, 6) is 0.746. The monoisotopic (exact) mass is 241 g/mol. The lowest BCUT2D eigenvalue weighted by atomic mass is 10.1. The lowest BCUT2D eigenvalue weighted by molar-refractivity contribution is 0.474. The summed E-state index contributed by atoms with van der Waals surface area (Å²) in [6, 6.07) is 11.7. The molecule has 2 aromatic rings. The van der Waals surface area contributed by atoms with E-state index in [2.05, 4.69) is 6.07 Å². The normalized spacial score (nSPS) is 9.89. The van der Waals surface area contributed by atoms with Crippen molar-refractivity contribution in [3.05, 3.63) is 58.9 Å². The van der Waals surface area contributed by atoms with Crippen molar-refractivity contribution in [2.45, 2.75) is 13.8 Å². The summed E-state index contributed by atoms with van der Waals surface area (Å²) in [7, 11) is 0. The second-order valence-electron chi connectivity index (χ2n) is 4.12. The Kier molecular flexibility index (Phi) is 3.29. The minimum absolute atomic E-state index is 0.301. The van der Waals surface area contributed by atoms with Crippen LogP contribution >= 0.6 is 0 Å². The van der Waals surface area contributed by atoms with Crippen LogP contribution in [0.25, 0.3) is 0 Å². The fourth-order valence-corrected chi connectivity index (χ4v) is 1.65. The van der Waals surface area contributed by atoms with Crippen molar-refractivity contribution in [1.29, 1.82) is 5.26 Å². The van der Waals surface area contributed by atoms with Gasteiger partial charge < -0.3 is 4.74 Å². The average molecular weight is 241 g/mol. The lowest BCUT2D eigenvalue weighted by Crippen LogP contribution is -1.92. The second-order valence-corrected chi connectivity index (χ2v) is 4.12. The molecule has 0 amide bonds. The maximum absolute atomic E-state index is 13.0. The number of halogens is 1. The van der Waals surface area contributed by atoms with Crippen LogP contribution in [0.2, 0.25) is 0 Å². The Morgan fingerprint density at radius 3 is 2.50 bits per heavy atom. The van der Waals surface area contributed by atoms with Crippen LogP contribution in [0.5, 0.6) is 11.5 Å². The molecular weight excluding hydrogens is 229 g/mol. The third kappa shape index (κ3) is 2.49. The number of aryl methyl sites for hydroxylation is 2. The van der Waals surface area contributed by atoms with Crippen molar-refractivity contribution in [3.63, 3.8) is 0 Å². The molecule has 0 saturated heterocycles. The zero-order chi connectivity index (χ0) is 13.1. The van der Waals surface area contributed by atoms with Gasteiger partial charge in [0.15, 0.2) is 0 Å². The van der Waals surface area contributed by atoms with Crippen LogP contribution in [0.4, 0.5) is 4.39 Å². The minimum Gasteiger partial charge on any atom is -0.456 e. The molecular formula is C15H12FNO. The first-order valence-corrected chi connectivity index (χ1v) is 5.55. The number of nitriles is 1. The Morgan fingerprint density at radius 1 is 1.06 bits per heavy atom. The molecule has 2 aromatic carbocycles. The van der Waals surface area contributed by atoms with E-state index in [1.54, 1.807) is 25.1 Å². The number of hydrogen-bond acceptors (Lipinski definition) is 2. The van der Waals surface area contributed by atoms with E-state index < -0.39 is 0 Å². The van der Waals surface area contributed by atoms with Gasteiger partial charge in [-0.15, -0.1) is 0 Å². The summed E-state index contributed by atoms with van der Waals surface area (Å²) in [4.78, 5) is 0. The van der Waals surface area contributed by atoms with Gasteiger partial charge in [-0.2, -0.15) is 5.26 Å². The van der Waals surface area contributed by atoms with Crippen LogP contribution in [-0.4, -0.2) is 0 Å². The van der Waals surface area contributed by atoms with E-state index in [4.69, 9.17) is 10.00 Å². The molecule has 2 rings (SSSR count). The number of benzene rings is 2. The Hall–Kier alpha value is -2.34. The summed E-state index contributed by atoms with van der Waals surface area (Å²) in [5, 5.41) is 9.01. The molecule has 3 heteroatoms. The Bertz CT molecular complexity index is 629. The largest absolute Gasteiger partial charge is 0.456 e. The SMILES string of the molecule is Cc1ccc(C#N)c(Oc2ccc(F)cc2C)c1. The highest BCUT2D eigenvalue weighted by molar-refractivity contribution is 5.48. The zero-order valence-electron chi connectivity index (χ0n) is 10.2. The summed E-state index contributed by atoms with van der Waals surface area (Å²) >= 11 is 0. The van der Waals surface area contributed by atoms with Gasteiger partial charge in [0.25, 0.3) is 0 Å². The van der Waals surface area contributed by atoms with Crippen molar-refractivity contribution in [2.75, 3.05) is 0 Å². The molecule has 0 fully saturated rings. The Labute approximate surface area is 105 Å². The second kappa shape index (κ2) is 4.89. The topological polar surface area (TPSA) is 33.0 Å². The molecule has 0 bridgehead atoms. The summed E-state index contributed by atoms with van der Waals surface area (Å²) in [6.45, 7) is 3.69. The molecule has 0 atom stereocenters. The molecule has 18 heavy (non-hydrogen) atoms. The fourth-order valence-electron chi connectivity index (χ4n) is 1.65. The van der Waals surface area contributed by atoms with Crippen LogP contribution in [0.3, 0.4) is 0 Å². The number of rotatable bonds is 2. The summed E-state index contributed by atoms with van der Waals surface area (Å²) < 4.78 is 18.7. The first kappa shape index (κ1) is 12.1. The maximum Gasteiger partial charge on any atom is 0.145 e. The van der Waals surface area contributed by atoms with E-state index in [9.17, 15) is 4.39 Å².